The van der Waals surface area contributed by atoms with Gasteiger partial charge in [0.05, 0.1) is 0 Å². The minimum absolute atomic E-state index is 0.264. The van der Waals surface area contributed by atoms with Crippen molar-refractivity contribution in [2.24, 2.45) is 0 Å². The molecular weight excluding hydrogens is 290 g/mol. The van der Waals surface area contributed by atoms with E-state index in [2.05, 4.69) is 41.1 Å². The highest BCUT2D eigenvalue weighted by molar-refractivity contribution is 9.09. The third kappa shape index (κ3) is 5.21. The van der Waals surface area contributed by atoms with Crippen molar-refractivity contribution in [2.75, 3.05) is 11.9 Å². The van der Waals surface area contributed by atoms with Crippen LogP contribution in [0.1, 0.15) is 37.3 Å². The van der Waals surface area contributed by atoms with E-state index in [0.29, 0.717) is 6.42 Å². The second kappa shape index (κ2) is 8.30. The summed E-state index contributed by atoms with van der Waals surface area (Å²) >= 11 is 3.39. The number of hydrogen-bond donors (Lipinski definition) is 0. The molecule has 1 aromatic carbocycles. The number of benzene rings is 1. The van der Waals surface area contributed by atoms with Gasteiger partial charge >= 0.3 is 0 Å². The lowest BCUT2D eigenvalue weighted by molar-refractivity contribution is -0.131. The number of halogens is 1. The number of alkyl halides is 1. The maximum Gasteiger partial charge on any atom is 0.222 e. The van der Waals surface area contributed by atoms with Gasteiger partial charge in [-0.05, 0) is 32.3 Å². The molecule has 0 bridgehead atoms. The highest BCUT2D eigenvalue weighted by Crippen LogP contribution is 2.10. The van der Waals surface area contributed by atoms with Gasteiger partial charge < -0.3 is 4.90 Å². The van der Waals surface area contributed by atoms with Gasteiger partial charge in [0.25, 0.3) is 0 Å². The number of nitrogens with zero attached hydrogens (tertiary/aromatic N) is 1. The van der Waals surface area contributed by atoms with Crippen molar-refractivity contribution in [3.8, 4) is 0 Å². The van der Waals surface area contributed by atoms with Crippen molar-refractivity contribution in [3.05, 3.63) is 35.4 Å². The van der Waals surface area contributed by atoms with Gasteiger partial charge in [-0.25, -0.2) is 0 Å². The fourth-order valence-electron chi connectivity index (χ4n) is 1.94. The van der Waals surface area contributed by atoms with Crippen molar-refractivity contribution in [1.82, 2.24) is 4.90 Å². The Labute approximate surface area is 119 Å². The van der Waals surface area contributed by atoms with Crippen LogP contribution in [-0.4, -0.2) is 22.7 Å². The van der Waals surface area contributed by atoms with Gasteiger partial charge in [0, 0.05) is 24.8 Å². The predicted octanol–water partition coefficient (Wildman–Crippen LogP) is 3.91. The summed E-state index contributed by atoms with van der Waals surface area (Å²) in [4.78, 5) is 14.0. The number of hydrogen-bond acceptors (Lipinski definition) is 1. The summed E-state index contributed by atoms with van der Waals surface area (Å²) in [5.41, 5.74) is 2.46. The van der Waals surface area contributed by atoms with Crippen LogP contribution in [0, 0.1) is 6.92 Å². The predicted molar refractivity (Wildman–Crippen MR) is 79.9 cm³/mol. The molecule has 0 heterocycles. The standard InChI is InChI=1S/C15H22BrNO/c1-3-17(15(18)9-4-5-10-16)12-14-8-6-7-13(2)11-14/h6-8,11H,3-5,9-10,12H2,1-2H3. The molecule has 0 unspecified atom stereocenters. The summed E-state index contributed by atoms with van der Waals surface area (Å²) in [6, 6.07) is 8.36. The Morgan fingerprint density at radius 2 is 2.11 bits per heavy atom. The molecule has 0 aromatic heterocycles. The molecule has 1 rings (SSSR count). The molecule has 0 saturated carbocycles. The molecule has 0 spiro atoms. The average molecular weight is 312 g/mol. The van der Waals surface area contributed by atoms with Gasteiger partial charge in [-0.2, -0.15) is 0 Å². The highest BCUT2D eigenvalue weighted by atomic mass is 79.9. The normalized spacial score (nSPS) is 10.4. The lowest BCUT2D eigenvalue weighted by Crippen LogP contribution is -2.30. The molecule has 0 fully saturated rings. The number of rotatable bonds is 7. The third-order valence-corrected chi connectivity index (χ3v) is 3.53. The van der Waals surface area contributed by atoms with E-state index in [0.717, 1.165) is 31.3 Å². The lowest BCUT2D eigenvalue weighted by atomic mass is 10.1. The number of aryl methyl sites for hydroxylation is 1. The summed E-state index contributed by atoms with van der Waals surface area (Å²) in [6.45, 7) is 5.63. The van der Waals surface area contributed by atoms with E-state index in [4.69, 9.17) is 0 Å². The van der Waals surface area contributed by atoms with E-state index >= 15 is 0 Å². The van der Waals surface area contributed by atoms with Gasteiger partial charge in [0.15, 0.2) is 0 Å². The van der Waals surface area contributed by atoms with E-state index < -0.39 is 0 Å². The molecule has 0 N–H and O–H groups in total. The van der Waals surface area contributed by atoms with Crippen LogP contribution in [0.4, 0.5) is 0 Å². The molecule has 0 aliphatic heterocycles. The fourth-order valence-corrected chi connectivity index (χ4v) is 2.33. The maximum atomic E-state index is 12.0. The summed E-state index contributed by atoms with van der Waals surface area (Å²) in [5.74, 6) is 0.264. The summed E-state index contributed by atoms with van der Waals surface area (Å²) in [6.07, 6.45) is 2.69. The zero-order valence-electron chi connectivity index (χ0n) is 11.3. The van der Waals surface area contributed by atoms with Crippen LogP contribution in [0.5, 0.6) is 0 Å². The van der Waals surface area contributed by atoms with Gasteiger partial charge in [-0.3, -0.25) is 4.79 Å². The second-order valence-corrected chi connectivity index (χ2v) is 5.34. The first-order valence-electron chi connectivity index (χ1n) is 6.56. The summed E-state index contributed by atoms with van der Waals surface area (Å²) in [5, 5.41) is 0.976. The Hall–Kier alpha value is -0.830. The molecular formula is C15H22BrNO. The number of amides is 1. The zero-order chi connectivity index (χ0) is 13.4. The first-order valence-corrected chi connectivity index (χ1v) is 7.68. The van der Waals surface area contributed by atoms with E-state index in [1.807, 2.05) is 17.9 Å². The third-order valence-electron chi connectivity index (χ3n) is 2.96. The maximum absolute atomic E-state index is 12.0. The van der Waals surface area contributed by atoms with Gasteiger partial charge in [-0.1, -0.05) is 45.8 Å². The summed E-state index contributed by atoms with van der Waals surface area (Å²) < 4.78 is 0. The average Bonchev–Trinajstić information content (AvgIpc) is 2.36. The molecule has 18 heavy (non-hydrogen) atoms. The zero-order valence-corrected chi connectivity index (χ0v) is 12.9. The Morgan fingerprint density at radius 3 is 2.72 bits per heavy atom. The van der Waals surface area contributed by atoms with Crippen LogP contribution in [0.2, 0.25) is 0 Å². The Morgan fingerprint density at radius 1 is 1.33 bits per heavy atom. The lowest BCUT2D eigenvalue weighted by Gasteiger charge is -2.21. The van der Waals surface area contributed by atoms with Crippen molar-refractivity contribution in [1.29, 1.82) is 0 Å². The Bertz CT molecular complexity index is 379. The fraction of sp³-hybridized carbons (Fsp3) is 0.533. The van der Waals surface area contributed by atoms with Crippen molar-refractivity contribution in [2.45, 2.75) is 39.7 Å². The molecule has 100 valence electrons. The van der Waals surface area contributed by atoms with E-state index in [1.165, 1.54) is 11.1 Å². The smallest absolute Gasteiger partial charge is 0.222 e. The Balaban J connectivity index is 2.53. The van der Waals surface area contributed by atoms with Crippen LogP contribution < -0.4 is 0 Å². The Kier molecular flexibility index (Phi) is 7.02. The first-order chi connectivity index (χ1) is 8.67. The second-order valence-electron chi connectivity index (χ2n) is 4.54. The van der Waals surface area contributed by atoms with Crippen LogP contribution >= 0.6 is 15.9 Å². The molecule has 3 heteroatoms. The SMILES string of the molecule is CCN(Cc1cccc(C)c1)C(=O)CCCCBr. The van der Waals surface area contributed by atoms with Gasteiger partial charge in [-0.15, -0.1) is 0 Å². The van der Waals surface area contributed by atoms with Crippen LogP contribution in [0.15, 0.2) is 24.3 Å². The van der Waals surface area contributed by atoms with E-state index in [9.17, 15) is 4.79 Å². The molecule has 1 amide bonds. The highest BCUT2D eigenvalue weighted by Gasteiger charge is 2.11. The van der Waals surface area contributed by atoms with Gasteiger partial charge in [0.1, 0.15) is 0 Å². The largest absolute Gasteiger partial charge is 0.339 e. The number of unbranched alkanes of at least 4 members (excludes halogenated alkanes) is 1. The minimum Gasteiger partial charge on any atom is -0.339 e. The van der Waals surface area contributed by atoms with Gasteiger partial charge in [0.2, 0.25) is 5.91 Å². The van der Waals surface area contributed by atoms with Crippen molar-refractivity contribution in [3.63, 3.8) is 0 Å². The molecule has 0 saturated heterocycles. The molecule has 0 atom stereocenters. The first kappa shape index (κ1) is 15.2. The molecule has 1 aromatic rings. The topological polar surface area (TPSA) is 20.3 Å². The van der Waals surface area contributed by atoms with E-state index in [-0.39, 0.29) is 5.91 Å². The van der Waals surface area contributed by atoms with Crippen molar-refractivity contribution < 1.29 is 4.79 Å². The van der Waals surface area contributed by atoms with E-state index in [1.54, 1.807) is 0 Å². The van der Waals surface area contributed by atoms with Crippen molar-refractivity contribution >= 4 is 21.8 Å². The van der Waals surface area contributed by atoms with Crippen LogP contribution in [-0.2, 0) is 11.3 Å². The van der Waals surface area contributed by atoms with Crippen LogP contribution in [0.3, 0.4) is 0 Å². The minimum atomic E-state index is 0.264. The number of carbonyl (C=O) groups is 1. The molecule has 0 aliphatic rings. The molecule has 2 nitrogen and oxygen atoms in total. The number of carbonyl (C=O) groups excluding carboxylic acids is 1. The molecule has 0 radical (unpaired) electrons. The summed E-state index contributed by atoms with van der Waals surface area (Å²) in [7, 11) is 0. The molecule has 0 aliphatic carbocycles. The van der Waals surface area contributed by atoms with Crippen LogP contribution in [0.25, 0.3) is 0 Å². The quantitative estimate of drug-likeness (QED) is 0.552. The monoisotopic (exact) mass is 311 g/mol.